The Bertz CT molecular complexity index is 196. The molecule has 0 heterocycles. The van der Waals surface area contributed by atoms with Crippen LogP contribution in [0.4, 0.5) is 0 Å². The quantitative estimate of drug-likeness (QED) is 0.167. The normalized spacial score (nSPS) is 4.10. The summed E-state index contributed by atoms with van der Waals surface area (Å²) >= 11 is 79.1. The van der Waals surface area contributed by atoms with Crippen molar-refractivity contribution in [1.29, 1.82) is 0 Å². The molecule has 0 bridgehead atoms. The molecule has 0 aromatic rings. The molecular formula is C36H90Au25S18. The average Bonchev–Trinajstić information content (AvgIpc) is 3.04. The van der Waals surface area contributed by atoms with Crippen molar-refractivity contribution >= 4 is 227 Å². The van der Waals surface area contributed by atoms with E-state index in [-0.39, 0.29) is 560 Å². The minimum Gasteiger partial charge on any atom is -0.793 e. The van der Waals surface area contributed by atoms with Crippen LogP contribution in [0, 0.1) is 0 Å². The van der Waals surface area contributed by atoms with Crippen molar-refractivity contribution in [3.8, 4) is 0 Å². The minimum atomic E-state index is 0. The second kappa shape index (κ2) is 582. The summed E-state index contributed by atoms with van der Waals surface area (Å²) in [6, 6.07) is 0. The molecule has 0 fully saturated rings. The molecule has 79 heavy (non-hydrogen) atoms. The summed E-state index contributed by atoms with van der Waals surface area (Å²) in [5, 5.41) is 0. The first-order valence-corrected chi connectivity index (χ1v) is 28.3. The Morgan fingerprint density at radius 3 is 0.101 bits per heavy atom. The van der Waals surface area contributed by atoms with Crippen molar-refractivity contribution in [2.75, 3.05) is 104 Å². The molecule has 0 saturated carbocycles. The maximum absolute atomic E-state index is 4.39. The van der Waals surface area contributed by atoms with Crippen LogP contribution in [-0.2, 0) is 787 Å². The van der Waals surface area contributed by atoms with Gasteiger partial charge in [0.15, 0.2) is 0 Å². The fourth-order valence-corrected chi connectivity index (χ4v) is 0. The Morgan fingerprint density at radius 1 is 0.101 bits per heavy atom. The molecule has 0 aromatic carbocycles. The van der Waals surface area contributed by atoms with Crippen LogP contribution in [0.3, 0.4) is 0 Å². The molecule has 0 aliphatic heterocycles. The predicted octanol–water partition coefficient (Wildman–Crippen LogP) is 9.90. The van der Waals surface area contributed by atoms with Crippen LogP contribution in [0.2, 0.25) is 0 Å². The van der Waals surface area contributed by atoms with Crippen LogP contribution in [0.1, 0.15) is 125 Å². The van der Waals surface area contributed by atoms with Gasteiger partial charge in [-0.05, 0) is 0 Å². The van der Waals surface area contributed by atoms with Crippen LogP contribution in [0.15, 0.2) is 0 Å². The number of hydrogen-bond acceptors (Lipinski definition) is 18. The Labute approximate surface area is 990 Å². The van der Waals surface area contributed by atoms with Gasteiger partial charge in [0, 0.05) is 157 Å². The molecule has 0 rings (SSSR count). The maximum atomic E-state index is 4.39. The van der Waals surface area contributed by atoms with E-state index in [1.165, 1.54) is 0 Å². The third kappa shape index (κ3) is 1700. The zero-order valence-electron chi connectivity index (χ0n) is 45.6. The second-order valence-corrected chi connectivity index (χ2v) is 15.6. The van der Waals surface area contributed by atoms with Gasteiger partial charge in [-0.3, -0.25) is 0 Å². The number of hydrogen-bond donors (Lipinski definition) is 0. The standard InChI is InChI=1S/18C2H6S.25Au/c18*1-2-3;;;;;;;;;;;;;;;;;;;;;;;;;/h18*3H,2H2,1H3;;;;;;;;;;;;;;;;;;;;;;;;;/q;;;;;;;;;;;;;;;;;;;;;;;;;18*+1/p-18. The smallest absolute Gasteiger partial charge is 0.793 e. The van der Waals surface area contributed by atoms with Crippen molar-refractivity contribution in [1.82, 2.24) is 0 Å². The zero-order valence-corrected chi connectivity index (χ0v) is 114. The summed E-state index contributed by atoms with van der Waals surface area (Å²) in [5.74, 6) is 15.0. The van der Waals surface area contributed by atoms with Gasteiger partial charge in [0.05, 0.1) is 0 Å². The van der Waals surface area contributed by atoms with Gasteiger partial charge in [-0.2, -0.15) is 104 Å². The molecular weight excluding hydrogens is 5930 g/mol. The largest absolute Gasteiger partial charge is 1.00 e. The van der Waals surface area contributed by atoms with Crippen LogP contribution in [-0.4, -0.2) is 104 Å². The van der Waals surface area contributed by atoms with Gasteiger partial charge < -0.3 is 227 Å². The minimum absolute atomic E-state index is 0. The fourth-order valence-electron chi connectivity index (χ4n) is 0. The Morgan fingerprint density at radius 2 is 0.101 bits per heavy atom. The molecule has 0 aliphatic carbocycles. The van der Waals surface area contributed by atoms with Crippen molar-refractivity contribution in [2.24, 2.45) is 0 Å². The monoisotopic (exact) mass is 6020 g/mol. The first-order valence-electron chi connectivity index (χ1n) is 17.9. The topological polar surface area (TPSA) is 0 Å². The van der Waals surface area contributed by atoms with Gasteiger partial charge in [0.25, 0.3) is 0 Å². The summed E-state index contributed by atoms with van der Waals surface area (Å²) in [4.78, 5) is 0. The predicted molar refractivity (Wildman–Crippen MR) is 322 cm³/mol. The second-order valence-electron chi connectivity index (χ2n) is 5.20. The first-order chi connectivity index (χ1) is 25.5. The molecule has 0 nitrogen and oxygen atoms in total. The van der Waals surface area contributed by atoms with Gasteiger partial charge in [-0.15, -0.1) is 0 Å². The molecule has 617 valence electrons. The van der Waals surface area contributed by atoms with E-state index >= 15 is 0 Å². The zero-order chi connectivity index (χ0) is 48.7. The van der Waals surface area contributed by atoms with E-state index in [4.69, 9.17) is 0 Å². The molecule has 0 spiro atoms. The van der Waals surface area contributed by atoms with Crippen molar-refractivity contribution < 1.29 is 560 Å². The maximum Gasteiger partial charge on any atom is 1.00 e. The van der Waals surface area contributed by atoms with Crippen LogP contribution < -0.4 is 0 Å². The number of rotatable bonds is 0. The first kappa shape index (κ1) is 297. The van der Waals surface area contributed by atoms with E-state index in [0.29, 0.717) is 0 Å². The van der Waals surface area contributed by atoms with Gasteiger partial charge >= 0.3 is 403 Å². The van der Waals surface area contributed by atoms with E-state index in [0.717, 1.165) is 104 Å². The van der Waals surface area contributed by atoms with Crippen molar-refractivity contribution in [3.63, 3.8) is 0 Å². The summed E-state index contributed by atoms with van der Waals surface area (Å²) in [5.41, 5.74) is 0. The molecule has 0 atom stereocenters. The van der Waals surface area contributed by atoms with E-state index in [2.05, 4.69) is 227 Å². The molecule has 43 heteroatoms. The Hall–Kier alpha value is 24.8. The third-order valence-corrected chi connectivity index (χ3v) is 0. The van der Waals surface area contributed by atoms with E-state index in [1.54, 1.807) is 0 Å². The molecule has 0 unspecified atom stereocenters. The SMILES string of the molecule is CC[S-].CC[S-].CC[S-].CC[S-].CC[S-].CC[S-].CC[S-].CC[S-].CC[S-].CC[S-].CC[S-].CC[S-].CC[S-].CC[S-].CC[S-].CC[S-].CC[S-].CC[S-].[Au+].[Au+].[Au+].[Au+].[Au+].[Au+].[Au+].[Au+].[Au+].[Au+].[Au+].[Au+].[Au+].[Au+].[Au+].[Au+].[Au+].[Au+].[Au].[Au].[Au].[Au].[Au].[Au].[Au]. The summed E-state index contributed by atoms with van der Waals surface area (Å²) in [7, 11) is 0. The third-order valence-electron chi connectivity index (χ3n) is 0. The summed E-state index contributed by atoms with van der Waals surface area (Å²) in [6.45, 7) is 34.9. The van der Waals surface area contributed by atoms with Crippen LogP contribution in [0.25, 0.3) is 0 Å². The molecule has 0 N–H and O–H groups in total. The van der Waals surface area contributed by atoms with E-state index in [1.807, 2.05) is 125 Å². The average molecular weight is 6020 g/mol. The molecule has 0 aliphatic rings. The van der Waals surface area contributed by atoms with Crippen LogP contribution >= 0.6 is 0 Å². The van der Waals surface area contributed by atoms with Gasteiger partial charge in [-0.25, -0.2) is 0 Å². The summed E-state index contributed by atoms with van der Waals surface area (Å²) in [6.07, 6.45) is 0. The van der Waals surface area contributed by atoms with Gasteiger partial charge in [0.1, 0.15) is 0 Å². The molecule has 7 radical (unpaired) electrons. The fraction of sp³-hybridized carbons (Fsp3) is 1.00. The van der Waals surface area contributed by atoms with Crippen LogP contribution in [0.5, 0.6) is 0 Å². The van der Waals surface area contributed by atoms with Gasteiger partial charge in [-0.1, -0.05) is 125 Å². The Balaban J connectivity index is -0.00000000416. The molecule has 0 amide bonds. The van der Waals surface area contributed by atoms with E-state index in [9.17, 15) is 0 Å². The molecule has 0 aromatic heterocycles. The summed E-state index contributed by atoms with van der Waals surface area (Å²) < 4.78 is 0. The van der Waals surface area contributed by atoms with Crippen molar-refractivity contribution in [2.45, 2.75) is 125 Å². The van der Waals surface area contributed by atoms with E-state index < -0.39 is 0 Å². The van der Waals surface area contributed by atoms with Crippen molar-refractivity contribution in [3.05, 3.63) is 0 Å². The Kier molecular flexibility index (Phi) is 2180. The van der Waals surface area contributed by atoms with Gasteiger partial charge in [0.2, 0.25) is 0 Å². The molecule has 0 saturated heterocycles.